The van der Waals surface area contributed by atoms with E-state index in [0.717, 1.165) is 4.80 Å². The van der Waals surface area contributed by atoms with Crippen molar-refractivity contribution < 1.29 is 18.7 Å². The summed E-state index contributed by atoms with van der Waals surface area (Å²) in [5.41, 5.74) is 0.468. The van der Waals surface area contributed by atoms with Crippen molar-refractivity contribution in [3.05, 3.63) is 30.3 Å². The molecule has 1 atom stereocenters. The van der Waals surface area contributed by atoms with Crippen molar-refractivity contribution in [3.8, 4) is 5.69 Å². The number of anilines is 1. The number of aromatic nitrogens is 4. The van der Waals surface area contributed by atoms with Gasteiger partial charge in [-0.2, -0.15) is 0 Å². The van der Waals surface area contributed by atoms with E-state index in [-0.39, 0.29) is 24.7 Å². The molecule has 1 saturated heterocycles. The number of carbonyl (C=O) groups excluding carboxylic acids is 2. The van der Waals surface area contributed by atoms with E-state index in [4.69, 9.17) is 4.74 Å². The van der Waals surface area contributed by atoms with Crippen LogP contribution in [0.15, 0.2) is 24.5 Å². The van der Waals surface area contributed by atoms with E-state index < -0.39 is 18.0 Å². The standard InChI is InChI=1S/C13H13FN6O3/c1-8(21)15-5-10-6-19(13(22)23-10)9-2-3-12(11(14)4-9)20-17-7-16-18-20/h2-4,7,10H,5-6H2,1H3,(H,15,21)/t10-/m0/s1. The van der Waals surface area contributed by atoms with E-state index in [9.17, 15) is 14.0 Å². The summed E-state index contributed by atoms with van der Waals surface area (Å²) in [5.74, 6) is -0.811. The molecule has 1 aromatic heterocycles. The van der Waals surface area contributed by atoms with Crippen molar-refractivity contribution in [2.24, 2.45) is 0 Å². The van der Waals surface area contributed by atoms with Gasteiger partial charge in [0.15, 0.2) is 12.1 Å². The van der Waals surface area contributed by atoms with Crippen LogP contribution in [0.4, 0.5) is 14.9 Å². The highest BCUT2D eigenvalue weighted by atomic mass is 19.1. The maximum absolute atomic E-state index is 14.2. The second-order valence-corrected chi connectivity index (χ2v) is 4.91. The van der Waals surface area contributed by atoms with Gasteiger partial charge in [0, 0.05) is 13.0 Å². The fourth-order valence-electron chi connectivity index (χ4n) is 2.20. The first-order valence-electron chi connectivity index (χ1n) is 6.80. The molecule has 1 aliphatic rings. The molecular formula is C13H13FN6O3. The third-order valence-corrected chi connectivity index (χ3v) is 3.26. The summed E-state index contributed by atoms with van der Waals surface area (Å²) in [6.07, 6.45) is 0.121. The van der Waals surface area contributed by atoms with Crippen LogP contribution in [0.1, 0.15) is 6.92 Å². The second-order valence-electron chi connectivity index (χ2n) is 4.91. The highest BCUT2D eigenvalue weighted by molar-refractivity contribution is 5.90. The Balaban J connectivity index is 1.76. The lowest BCUT2D eigenvalue weighted by molar-refractivity contribution is -0.119. The average molecular weight is 320 g/mol. The first kappa shape index (κ1) is 14.9. The minimum absolute atomic E-state index is 0.119. The molecule has 0 saturated carbocycles. The Kier molecular flexibility index (Phi) is 3.87. The number of hydrogen-bond donors (Lipinski definition) is 1. The summed E-state index contributed by atoms with van der Waals surface area (Å²) in [5, 5.41) is 13.5. The molecule has 23 heavy (non-hydrogen) atoms. The van der Waals surface area contributed by atoms with E-state index in [1.807, 2.05) is 0 Å². The van der Waals surface area contributed by atoms with Crippen LogP contribution in [0.2, 0.25) is 0 Å². The molecule has 1 N–H and O–H groups in total. The summed E-state index contributed by atoms with van der Waals surface area (Å²) in [4.78, 5) is 25.1. The Labute approximate surface area is 130 Å². The van der Waals surface area contributed by atoms with Crippen molar-refractivity contribution in [1.29, 1.82) is 0 Å². The molecule has 2 heterocycles. The van der Waals surface area contributed by atoms with Gasteiger partial charge < -0.3 is 10.1 Å². The lowest BCUT2D eigenvalue weighted by Gasteiger charge is -2.14. The fraction of sp³-hybridized carbons (Fsp3) is 0.308. The smallest absolute Gasteiger partial charge is 0.414 e. The van der Waals surface area contributed by atoms with E-state index in [1.54, 1.807) is 6.07 Å². The third-order valence-electron chi connectivity index (χ3n) is 3.26. The average Bonchev–Trinajstić information content (AvgIpc) is 3.14. The summed E-state index contributed by atoms with van der Waals surface area (Å²) in [6.45, 7) is 1.81. The zero-order valence-electron chi connectivity index (χ0n) is 12.1. The topological polar surface area (TPSA) is 102 Å². The normalized spacial score (nSPS) is 17.2. The zero-order valence-corrected chi connectivity index (χ0v) is 12.1. The number of benzene rings is 1. The Morgan fingerprint density at radius 2 is 2.35 bits per heavy atom. The molecule has 2 aromatic rings. The van der Waals surface area contributed by atoms with Crippen molar-refractivity contribution in [3.63, 3.8) is 0 Å². The molecule has 0 unspecified atom stereocenters. The molecule has 3 rings (SSSR count). The number of nitrogens with zero attached hydrogens (tertiary/aromatic N) is 5. The Morgan fingerprint density at radius 1 is 1.52 bits per heavy atom. The number of amides is 2. The number of tetrazole rings is 1. The number of cyclic esters (lactones) is 1. The first-order valence-corrected chi connectivity index (χ1v) is 6.80. The second kappa shape index (κ2) is 5.99. The third kappa shape index (κ3) is 3.10. The minimum atomic E-state index is -0.599. The molecular weight excluding hydrogens is 307 g/mol. The largest absolute Gasteiger partial charge is 0.442 e. The zero-order chi connectivity index (χ0) is 16.4. The van der Waals surface area contributed by atoms with Crippen LogP contribution in [0.25, 0.3) is 5.69 Å². The van der Waals surface area contributed by atoms with Crippen LogP contribution in [-0.2, 0) is 9.53 Å². The van der Waals surface area contributed by atoms with Gasteiger partial charge >= 0.3 is 6.09 Å². The van der Waals surface area contributed by atoms with Crippen LogP contribution in [0, 0.1) is 5.82 Å². The van der Waals surface area contributed by atoms with E-state index >= 15 is 0 Å². The van der Waals surface area contributed by atoms with Crippen molar-refractivity contribution in [2.45, 2.75) is 13.0 Å². The lowest BCUT2D eigenvalue weighted by Crippen LogP contribution is -2.33. The van der Waals surface area contributed by atoms with Crippen LogP contribution in [0.3, 0.4) is 0 Å². The Morgan fingerprint density at radius 3 is 3.00 bits per heavy atom. The molecule has 0 spiro atoms. The SMILES string of the molecule is CC(=O)NC[C@H]1CN(c2ccc(-n3ncnn3)c(F)c2)C(=O)O1. The molecule has 10 heteroatoms. The number of hydrogen-bond acceptors (Lipinski definition) is 6. The van der Waals surface area contributed by atoms with Crippen molar-refractivity contribution in [1.82, 2.24) is 25.5 Å². The summed E-state index contributed by atoms with van der Waals surface area (Å²) < 4.78 is 19.3. The Bertz CT molecular complexity index is 735. The molecule has 9 nitrogen and oxygen atoms in total. The number of ether oxygens (including phenoxy) is 1. The fourth-order valence-corrected chi connectivity index (χ4v) is 2.20. The van der Waals surface area contributed by atoms with Crippen molar-refractivity contribution in [2.75, 3.05) is 18.0 Å². The highest BCUT2D eigenvalue weighted by Crippen LogP contribution is 2.24. The van der Waals surface area contributed by atoms with E-state index in [2.05, 4.69) is 20.7 Å². The lowest BCUT2D eigenvalue weighted by atomic mass is 10.2. The van der Waals surface area contributed by atoms with Gasteiger partial charge in [0.05, 0.1) is 18.8 Å². The number of nitrogens with one attached hydrogen (secondary N) is 1. The van der Waals surface area contributed by atoms with E-state index in [0.29, 0.717) is 5.69 Å². The van der Waals surface area contributed by atoms with Gasteiger partial charge in [0.1, 0.15) is 11.8 Å². The van der Waals surface area contributed by atoms with Crippen LogP contribution >= 0.6 is 0 Å². The highest BCUT2D eigenvalue weighted by Gasteiger charge is 2.32. The molecule has 0 aliphatic carbocycles. The number of halogens is 1. The predicted molar refractivity (Wildman–Crippen MR) is 75.4 cm³/mol. The molecule has 2 amide bonds. The van der Waals surface area contributed by atoms with Gasteiger partial charge in [-0.1, -0.05) is 0 Å². The number of carbonyl (C=O) groups is 2. The van der Waals surface area contributed by atoms with E-state index in [1.165, 1.54) is 30.3 Å². The molecule has 120 valence electrons. The van der Waals surface area contributed by atoms with Gasteiger partial charge in [-0.05, 0) is 17.3 Å². The monoisotopic (exact) mass is 320 g/mol. The molecule has 0 bridgehead atoms. The van der Waals surface area contributed by atoms with Crippen LogP contribution in [-0.4, -0.2) is 51.4 Å². The predicted octanol–water partition coefficient (Wildman–Crippen LogP) is 0.263. The molecule has 1 aliphatic heterocycles. The summed E-state index contributed by atoms with van der Waals surface area (Å²) in [6, 6.07) is 4.20. The Hall–Kier alpha value is -3.04. The van der Waals surface area contributed by atoms with Crippen LogP contribution < -0.4 is 10.2 Å². The maximum atomic E-state index is 14.2. The molecule has 1 fully saturated rings. The van der Waals surface area contributed by atoms with Crippen molar-refractivity contribution >= 4 is 17.7 Å². The van der Waals surface area contributed by atoms with Gasteiger partial charge in [0.25, 0.3) is 0 Å². The van der Waals surface area contributed by atoms with Gasteiger partial charge in [0.2, 0.25) is 5.91 Å². The van der Waals surface area contributed by atoms with Crippen LogP contribution in [0.5, 0.6) is 0 Å². The van der Waals surface area contributed by atoms with Gasteiger partial charge in [-0.25, -0.2) is 9.18 Å². The summed E-state index contributed by atoms with van der Waals surface area (Å²) >= 11 is 0. The summed E-state index contributed by atoms with van der Waals surface area (Å²) in [7, 11) is 0. The molecule has 1 aromatic carbocycles. The quantitative estimate of drug-likeness (QED) is 0.867. The number of rotatable bonds is 4. The minimum Gasteiger partial charge on any atom is -0.442 e. The van der Waals surface area contributed by atoms with Gasteiger partial charge in [-0.15, -0.1) is 15.0 Å². The maximum Gasteiger partial charge on any atom is 0.414 e. The van der Waals surface area contributed by atoms with Gasteiger partial charge in [-0.3, -0.25) is 9.69 Å². The molecule has 0 radical (unpaired) electrons. The first-order chi connectivity index (χ1) is 11.0.